The highest BCUT2D eigenvalue weighted by Gasteiger charge is 2.39. The zero-order valence-corrected chi connectivity index (χ0v) is 15.4. The predicted molar refractivity (Wildman–Crippen MR) is 96.6 cm³/mol. The Morgan fingerprint density at radius 1 is 1.22 bits per heavy atom. The maximum atomic E-state index is 12.7. The molecule has 0 radical (unpaired) electrons. The van der Waals surface area contributed by atoms with Gasteiger partial charge in [0.2, 0.25) is 11.8 Å². The molecule has 3 N–H and O–H groups in total. The largest absolute Gasteiger partial charge is 0.385 e. The number of benzene rings is 1. The van der Waals surface area contributed by atoms with Gasteiger partial charge < -0.3 is 10.2 Å². The third-order valence-corrected chi connectivity index (χ3v) is 5.53. The number of carbonyl (C=O) groups excluding carboxylic acids is 3. The standard InChI is InChI=1S/C17H21N3O6S/c21-15-7-6-14(16(22)19-15)20-10-12-11(17(20)23)4-3-5-13(12)18-8-1-2-9-27(24,25)26/h3-5,14,18H,1-2,6-10H2,(H,19,21,22)(H,24,25,26). The van der Waals surface area contributed by atoms with Crippen molar-refractivity contribution in [1.82, 2.24) is 10.2 Å². The van der Waals surface area contributed by atoms with Gasteiger partial charge in [0.1, 0.15) is 6.04 Å². The Morgan fingerprint density at radius 2 is 2.00 bits per heavy atom. The molecule has 0 bridgehead atoms. The molecule has 27 heavy (non-hydrogen) atoms. The van der Waals surface area contributed by atoms with Crippen LogP contribution in [0.5, 0.6) is 0 Å². The smallest absolute Gasteiger partial charge is 0.264 e. The van der Waals surface area contributed by atoms with Crippen LogP contribution < -0.4 is 10.6 Å². The first-order valence-corrected chi connectivity index (χ1v) is 10.3. The normalized spacial score (nSPS) is 19.8. The number of rotatable bonds is 7. The van der Waals surface area contributed by atoms with Crippen LogP contribution in [-0.2, 0) is 26.3 Å². The molecule has 3 rings (SSSR count). The molecule has 1 aromatic rings. The Labute approximate surface area is 156 Å². The Balaban J connectivity index is 1.65. The first-order valence-electron chi connectivity index (χ1n) is 8.72. The summed E-state index contributed by atoms with van der Waals surface area (Å²) in [4.78, 5) is 37.6. The molecule has 1 fully saturated rings. The molecule has 0 aliphatic carbocycles. The highest BCUT2D eigenvalue weighted by molar-refractivity contribution is 7.85. The van der Waals surface area contributed by atoms with E-state index in [1.54, 1.807) is 12.1 Å². The molecule has 1 atom stereocenters. The number of anilines is 1. The number of piperidine rings is 1. The van der Waals surface area contributed by atoms with Crippen LogP contribution in [0.15, 0.2) is 18.2 Å². The van der Waals surface area contributed by atoms with Crippen LogP contribution in [0.3, 0.4) is 0 Å². The van der Waals surface area contributed by atoms with Crippen molar-refractivity contribution in [1.29, 1.82) is 0 Å². The minimum Gasteiger partial charge on any atom is -0.385 e. The number of nitrogens with zero attached hydrogens (tertiary/aromatic N) is 1. The van der Waals surface area contributed by atoms with Gasteiger partial charge in [-0.15, -0.1) is 0 Å². The summed E-state index contributed by atoms with van der Waals surface area (Å²) >= 11 is 0. The predicted octanol–water partition coefficient (Wildman–Crippen LogP) is 0.528. The fourth-order valence-electron chi connectivity index (χ4n) is 3.38. The summed E-state index contributed by atoms with van der Waals surface area (Å²) in [6, 6.07) is 4.60. The first kappa shape index (κ1) is 19.3. The lowest BCUT2D eigenvalue weighted by molar-refractivity contribution is -0.136. The third-order valence-electron chi connectivity index (χ3n) is 4.73. The summed E-state index contributed by atoms with van der Waals surface area (Å²) < 4.78 is 30.2. The van der Waals surface area contributed by atoms with E-state index < -0.39 is 22.1 Å². The SMILES string of the molecule is O=C1CCC(N2Cc3c(NCCCCS(=O)(=O)O)cccc3C2=O)C(=O)N1. The second-order valence-electron chi connectivity index (χ2n) is 6.65. The van der Waals surface area contributed by atoms with Crippen molar-refractivity contribution in [2.75, 3.05) is 17.6 Å². The fourth-order valence-corrected chi connectivity index (χ4v) is 3.95. The quantitative estimate of drug-likeness (QED) is 0.348. The van der Waals surface area contributed by atoms with Gasteiger partial charge in [0.15, 0.2) is 0 Å². The van der Waals surface area contributed by atoms with Gasteiger partial charge in [-0.3, -0.25) is 24.3 Å². The van der Waals surface area contributed by atoms with E-state index in [1.807, 2.05) is 6.07 Å². The molecule has 1 unspecified atom stereocenters. The molecule has 2 heterocycles. The molecule has 3 amide bonds. The summed E-state index contributed by atoms with van der Waals surface area (Å²) in [7, 11) is -3.96. The molecular formula is C17H21N3O6S. The number of carbonyl (C=O) groups is 3. The van der Waals surface area contributed by atoms with Crippen LogP contribution >= 0.6 is 0 Å². The molecule has 1 saturated heterocycles. The Kier molecular flexibility index (Phi) is 5.47. The Bertz CT molecular complexity index is 883. The van der Waals surface area contributed by atoms with E-state index in [1.165, 1.54) is 4.90 Å². The van der Waals surface area contributed by atoms with Crippen molar-refractivity contribution < 1.29 is 27.4 Å². The first-order chi connectivity index (χ1) is 12.8. The number of amides is 3. The van der Waals surface area contributed by atoms with Gasteiger partial charge in [-0.25, -0.2) is 0 Å². The van der Waals surface area contributed by atoms with E-state index in [0.717, 1.165) is 11.3 Å². The van der Waals surface area contributed by atoms with E-state index in [2.05, 4.69) is 10.6 Å². The third kappa shape index (κ3) is 4.45. The number of unbranched alkanes of at least 4 members (excludes halogenated alkanes) is 1. The molecule has 2 aliphatic heterocycles. The minimum atomic E-state index is -3.96. The minimum absolute atomic E-state index is 0.204. The molecule has 10 heteroatoms. The van der Waals surface area contributed by atoms with Gasteiger partial charge in [-0.05, 0) is 31.4 Å². The van der Waals surface area contributed by atoms with Crippen LogP contribution in [-0.4, -0.2) is 53.9 Å². The van der Waals surface area contributed by atoms with E-state index in [-0.39, 0.29) is 30.5 Å². The maximum absolute atomic E-state index is 12.7. The number of imide groups is 1. The molecule has 9 nitrogen and oxygen atoms in total. The lowest BCUT2D eigenvalue weighted by Gasteiger charge is -2.29. The van der Waals surface area contributed by atoms with E-state index in [4.69, 9.17) is 4.55 Å². The molecule has 2 aliphatic rings. The van der Waals surface area contributed by atoms with Crippen LogP contribution in [0, 0.1) is 0 Å². The number of nitrogens with one attached hydrogen (secondary N) is 2. The molecule has 146 valence electrons. The molecule has 1 aromatic carbocycles. The van der Waals surface area contributed by atoms with Gasteiger partial charge in [0, 0.05) is 36.3 Å². The topological polar surface area (TPSA) is 133 Å². The summed E-state index contributed by atoms with van der Waals surface area (Å²) in [5.41, 5.74) is 2.05. The van der Waals surface area contributed by atoms with Gasteiger partial charge in [0.25, 0.3) is 16.0 Å². The maximum Gasteiger partial charge on any atom is 0.264 e. The average molecular weight is 395 g/mol. The monoisotopic (exact) mass is 395 g/mol. The van der Waals surface area contributed by atoms with Crippen molar-refractivity contribution in [3.63, 3.8) is 0 Å². The van der Waals surface area contributed by atoms with E-state index in [9.17, 15) is 22.8 Å². The fraction of sp³-hybridized carbons (Fsp3) is 0.471. The van der Waals surface area contributed by atoms with Crippen LogP contribution in [0.25, 0.3) is 0 Å². The van der Waals surface area contributed by atoms with Crippen LogP contribution in [0.1, 0.15) is 41.6 Å². The lowest BCUT2D eigenvalue weighted by Crippen LogP contribution is -2.52. The van der Waals surface area contributed by atoms with Crippen LogP contribution in [0.4, 0.5) is 5.69 Å². The Morgan fingerprint density at radius 3 is 2.70 bits per heavy atom. The second-order valence-corrected chi connectivity index (χ2v) is 8.22. The zero-order valence-electron chi connectivity index (χ0n) is 14.6. The van der Waals surface area contributed by atoms with Crippen molar-refractivity contribution >= 4 is 33.5 Å². The highest BCUT2D eigenvalue weighted by atomic mass is 32.2. The van der Waals surface area contributed by atoms with Crippen molar-refractivity contribution in [3.8, 4) is 0 Å². The van der Waals surface area contributed by atoms with Crippen molar-refractivity contribution in [2.24, 2.45) is 0 Å². The Hall–Kier alpha value is -2.46. The molecule has 0 aromatic heterocycles. The highest BCUT2D eigenvalue weighted by Crippen LogP contribution is 2.32. The van der Waals surface area contributed by atoms with Crippen molar-refractivity contribution in [3.05, 3.63) is 29.3 Å². The molecule has 0 saturated carbocycles. The zero-order chi connectivity index (χ0) is 19.6. The number of hydrogen-bond acceptors (Lipinski definition) is 6. The lowest BCUT2D eigenvalue weighted by atomic mass is 10.0. The van der Waals surface area contributed by atoms with E-state index in [0.29, 0.717) is 31.4 Å². The van der Waals surface area contributed by atoms with Crippen LogP contribution in [0.2, 0.25) is 0 Å². The van der Waals surface area contributed by atoms with E-state index >= 15 is 0 Å². The summed E-state index contributed by atoms with van der Waals surface area (Å²) in [6.45, 7) is 0.757. The number of fused-ring (bicyclic) bond motifs is 1. The summed E-state index contributed by atoms with van der Waals surface area (Å²) in [5, 5.41) is 5.46. The van der Waals surface area contributed by atoms with Crippen molar-refractivity contribution in [2.45, 2.75) is 38.3 Å². The number of hydrogen-bond donors (Lipinski definition) is 3. The van der Waals surface area contributed by atoms with Gasteiger partial charge in [-0.2, -0.15) is 8.42 Å². The summed E-state index contributed by atoms with van der Waals surface area (Å²) in [6.07, 6.45) is 1.37. The van der Waals surface area contributed by atoms with Gasteiger partial charge >= 0.3 is 0 Å². The molecule has 0 spiro atoms. The van der Waals surface area contributed by atoms with Gasteiger partial charge in [-0.1, -0.05) is 6.07 Å². The average Bonchev–Trinajstić information content (AvgIpc) is 2.91. The molecular weight excluding hydrogens is 374 g/mol. The second kappa shape index (κ2) is 7.65. The van der Waals surface area contributed by atoms with Gasteiger partial charge in [0.05, 0.1) is 5.75 Å². The summed E-state index contributed by atoms with van der Waals surface area (Å²) in [5.74, 6) is -1.31.